The maximum atomic E-state index is 5.95. The summed E-state index contributed by atoms with van der Waals surface area (Å²) in [6.07, 6.45) is 2.38. The summed E-state index contributed by atoms with van der Waals surface area (Å²) >= 11 is 0. The first kappa shape index (κ1) is 25.7. The summed E-state index contributed by atoms with van der Waals surface area (Å²) in [7, 11) is 1.83. The second-order valence-corrected chi connectivity index (χ2v) is 11.4. The lowest BCUT2D eigenvalue weighted by molar-refractivity contribution is -0.0543. The van der Waals surface area contributed by atoms with Gasteiger partial charge in [-0.1, -0.05) is 6.92 Å². The fourth-order valence-electron chi connectivity index (χ4n) is 4.63. The van der Waals surface area contributed by atoms with Crippen LogP contribution in [0.25, 0.3) is 0 Å². The molecule has 1 fully saturated rings. The molecule has 0 aromatic heterocycles. The molecular formula is C21H37NO6P2. The van der Waals surface area contributed by atoms with Gasteiger partial charge in [0.15, 0.2) is 0 Å². The van der Waals surface area contributed by atoms with Crippen LogP contribution in [0.2, 0.25) is 0 Å². The van der Waals surface area contributed by atoms with Crippen molar-refractivity contribution in [2.75, 3.05) is 34.5 Å². The van der Waals surface area contributed by atoms with Crippen molar-refractivity contribution < 1.29 is 27.1 Å². The third-order valence-electron chi connectivity index (χ3n) is 5.30. The van der Waals surface area contributed by atoms with E-state index in [4.69, 9.17) is 27.1 Å². The topological polar surface area (TPSA) is 58.6 Å². The highest BCUT2D eigenvalue weighted by atomic mass is 31.2. The molecule has 0 radical (unpaired) electrons. The van der Waals surface area contributed by atoms with Crippen molar-refractivity contribution in [1.29, 1.82) is 0 Å². The van der Waals surface area contributed by atoms with Crippen molar-refractivity contribution in [1.82, 2.24) is 4.90 Å². The van der Waals surface area contributed by atoms with E-state index in [2.05, 4.69) is 39.5 Å². The van der Waals surface area contributed by atoms with Crippen LogP contribution in [-0.4, -0.2) is 50.5 Å². The molecule has 2 rings (SSSR count). The van der Waals surface area contributed by atoms with E-state index in [0.717, 1.165) is 12.5 Å². The molecule has 1 heterocycles. The van der Waals surface area contributed by atoms with Gasteiger partial charge < -0.3 is 27.1 Å². The highest BCUT2D eigenvalue weighted by Gasteiger charge is 2.43. The molecule has 1 aliphatic heterocycles. The summed E-state index contributed by atoms with van der Waals surface area (Å²) < 4.78 is 33.0. The van der Waals surface area contributed by atoms with Crippen LogP contribution >= 0.6 is 17.2 Å². The minimum absolute atomic E-state index is 0.140. The molecule has 9 heteroatoms. The van der Waals surface area contributed by atoms with E-state index in [1.807, 2.05) is 12.1 Å². The van der Waals surface area contributed by atoms with E-state index in [0.29, 0.717) is 18.1 Å². The number of rotatable bonds is 11. The normalized spacial score (nSPS) is 20.3. The van der Waals surface area contributed by atoms with Crippen molar-refractivity contribution in [3.05, 3.63) is 24.3 Å². The molecule has 1 aliphatic rings. The van der Waals surface area contributed by atoms with Gasteiger partial charge in [0, 0.05) is 39.0 Å². The lowest BCUT2D eigenvalue weighted by Gasteiger charge is -2.55. The quantitative estimate of drug-likeness (QED) is 0.367. The van der Waals surface area contributed by atoms with Gasteiger partial charge in [-0.15, -0.1) is 0 Å². The van der Waals surface area contributed by atoms with Crippen LogP contribution in [0.4, 0.5) is 0 Å². The second kappa shape index (κ2) is 11.4. The monoisotopic (exact) mass is 461 g/mol. The Balaban J connectivity index is 1.87. The number of likely N-dealkylation sites (tertiary alicyclic amines) is 1. The van der Waals surface area contributed by atoms with Crippen LogP contribution in [0.5, 0.6) is 11.5 Å². The fraction of sp³-hybridized carbons (Fsp3) is 0.714. The zero-order valence-corrected chi connectivity index (χ0v) is 21.3. The summed E-state index contributed by atoms with van der Waals surface area (Å²) in [6, 6.07) is 7.21. The molecule has 0 amide bonds. The third-order valence-corrected chi connectivity index (χ3v) is 7.31. The van der Waals surface area contributed by atoms with Crippen molar-refractivity contribution in [3.63, 3.8) is 0 Å². The van der Waals surface area contributed by atoms with E-state index in [1.165, 1.54) is 12.8 Å². The number of piperidine rings is 1. The Labute approximate surface area is 184 Å². The molecule has 30 heavy (non-hydrogen) atoms. The molecule has 0 aliphatic carbocycles. The first-order chi connectivity index (χ1) is 14.1. The maximum absolute atomic E-state index is 5.95. The van der Waals surface area contributed by atoms with Crippen LogP contribution in [-0.2, 0) is 18.1 Å². The van der Waals surface area contributed by atoms with E-state index < -0.39 is 17.2 Å². The zero-order valence-electron chi connectivity index (χ0n) is 19.5. The van der Waals surface area contributed by atoms with Crippen LogP contribution in [0.3, 0.4) is 0 Å². The molecule has 0 bridgehead atoms. The average molecular weight is 461 g/mol. The predicted molar refractivity (Wildman–Crippen MR) is 122 cm³/mol. The average Bonchev–Trinajstić information content (AvgIpc) is 2.67. The van der Waals surface area contributed by atoms with Gasteiger partial charge in [-0.2, -0.15) is 0 Å². The smallest absolute Gasteiger partial charge is 0.396 e. The van der Waals surface area contributed by atoms with Gasteiger partial charge in [-0.3, -0.25) is 4.90 Å². The van der Waals surface area contributed by atoms with Gasteiger partial charge in [0.05, 0.1) is 6.61 Å². The predicted octanol–water partition coefficient (Wildman–Crippen LogP) is 6.14. The Bertz CT molecular complexity index is 621. The Kier molecular flexibility index (Phi) is 9.76. The fourth-order valence-corrected chi connectivity index (χ4v) is 5.98. The summed E-state index contributed by atoms with van der Waals surface area (Å²) in [5.74, 6) is 2.02. The molecule has 1 aromatic carbocycles. The lowest BCUT2D eigenvalue weighted by atomic mass is 9.74. The largest absolute Gasteiger partial charge is 0.427 e. The second-order valence-electron chi connectivity index (χ2n) is 8.77. The maximum Gasteiger partial charge on any atom is 0.396 e. The van der Waals surface area contributed by atoms with E-state index >= 15 is 0 Å². The molecular weight excluding hydrogens is 424 g/mol. The number of nitrogens with zero attached hydrogens (tertiary/aromatic N) is 1. The number of hydrogen-bond donors (Lipinski definition) is 0. The molecule has 1 atom stereocenters. The summed E-state index contributed by atoms with van der Waals surface area (Å²) in [5, 5.41) is 0. The van der Waals surface area contributed by atoms with Gasteiger partial charge in [0.25, 0.3) is 0 Å². The minimum Gasteiger partial charge on any atom is -0.427 e. The zero-order chi connectivity index (χ0) is 22.4. The summed E-state index contributed by atoms with van der Waals surface area (Å²) in [4.78, 5) is 2.55. The van der Waals surface area contributed by atoms with Crippen LogP contribution in [0, 0.1) is 5.92 Å². The van der Waals surface area contributed by atoms with Crippen molar-refractivity contribution >= 4 is 17.2 Å². The number of hydrogen-bond acceptors (Lipinski definition) is 7. The minimum atomic E-state index is -1.48. The molecule has 172 valence electrons. The highest BCUT2D eigenvalue weighted by molar-refractivity contribution is 7.42. The van der Waals surface area contributed by atoms with Crippen LogP contribution in [0.15, 0.2) is 24.3 Å². The first-order valence-corrected chi connectivity index (χ1v) is 12.4. The lowest BCUT2D eigenvalue weighted by Crippen LogP contribution is -2.61. The molecule has 1 aromatic rings. The summed E-state index contributed by atoms with van der Waals surface area (Å²) in [5.41, 5.74) is 0.279. The van der Waals surface area contributed by atoms with E-state index in [-0.39, 0.29) is 11.1 Å². The molecule has 0 spiro atoms. The first-order valence-electron chi connectivity index (χ1n) is 10.2. The molecule has 0 saturated carbocycles. The number of benzene rings is 1. The molecule has 1 saturated heterocycles. The van der Waals surface area contributed by atoms with Crippen LogP contribution in [0.1, 0.15) is 47.5 Å². The van der Waals surface area contributed by atoms with Gasteiger partial charge in [0.1, 0.15) is 11.5 Å². The van der Waals surface area contributed by atoms with Crippen LogP contribution < -0.4 is 9.05 Å². The summed E-state index contributed by atoms with van der Waals surface area (Å²) in [6.45, 7) is 13.0. The molecule has 0 N–H and O–H groups in total. The van der Waals surface area contributed by atoms with E-state index in [1.54, 1.807) is 33.5 Å². The van der Waals surface area contributed by atoms with Gasteiger partial charge in [-0.25, -0.2) is 0 Å². The van der Waals surface area contributed by atoms with Crippen molar-refractivity contribution in [2.45, 2.75) is 58.5 Å². The Morgan fingerprint density at radius 2 is 1.27 bits per heavy atom. The van der Waals surface area contributed by atoms with E-state index in [9.17, 15) is 0 Å². The van der Waals surface area contributed by atoms with Gasteiger partial charge in [0.2, 0.25) is 0 Å². The SMILES string of the molecule is COP(OC)Oc1ccc(OP(OC)OCCN2C(C)(C)CC(C)CC2(C)C)cc1. The Morgan fingerprint density at radius 3 is 1.70 bits per heavy atom. The standard InChI is InChI=1S/C21H37NO6P2/c1-17-15-20(2,3)22(21(4,5)16-17)13-14-26-30(25-8)28-19-11-9-18(10-12-19)27-29(23-6)24-7/h9-12,17H,13-16H2,1-8H3. The van der Waals surface area contributed by atoms with Crippen molar-refractivity contribution in [2.24, 2.45) is 5.92 Å². The Morgan fingerprint density at radius 1 is 0.833 bits per heavy atom. The van der Waals surface area contributed by atoms with Gasteiger partial charge in [-0.05, 0) is 70.7 Å². The Hall–Kier alpha value is -0.520. The van der Waals surface area contributed by atoms with Gasteiger partial charge >= 0.3 is 17.2 Å². The molecule has 1 unspecified atom stereocenters. The van der Waals surface area contributed by atoms with Crippen molar-refractivity contribution in [3.8, 4) is 11.5 Å². The molecule has 7 nitrogen and oxygen atoms in total. The highest BCUT2D eigenvalue weighted by Crippen LogP contribution is 2.44. The third kappa shape index (κ3) is 7.27.